The van der Waals surface area contributed by atoms with Crippen molar-refractivity contribution in [1.29, 1.82) is 0 Å². The minimum absolute atomic E-state index is 0.601. The summed E-state index contributed by atoms with van der Waals surface area (Å²) in [5.41, 5.74) is 4.52. The van der Waals surface area contributed by atoms with Crippen LogP contribution >= 0.6 is 44.1 Å². The highest BCUT2D eigenvalue weighted by Gasteiger charge is 2.09. The number of halogens is 2. The molecule has 19 heavy (non-hydrogen) atoms. The predicted molar refractivity (Wildman–Crippen MR) is 89.1 cm³/mol. The smallest absolute Gasteiger partial charge is 0.144 e. The summed E-state index contributed by atoms with van der Waals surface area (Å²) >= 11 is 12.4. The molecule has 0 radical (unpaired) electrons. The van der Waals surface area contributed by atoms with Crippen LogP contribution in [0.25, 0.3) is 11.4 Å². The van der Waals surface area contributed by atoms with Gasteiger partial charge in [-0.1, -0.05) is 35.1 Å². The molecule has 0 unspecified atom stereocenters. The zero-order valence-electron chi connectivity index (χ0n) is 11.0. The normalized spacial score (nSPS) is 10.8. The number of aromatic amines is 1. The average Bonchev–Trinajstić information content (AvgIpc) is 2.38. The number of aromatic nitrogens is 2. The van der Waals surface area contributed by atoms with E-state index in [1.807, 2.05) is 0 Å². The van der Waals surface area contributed by atoms with Gasteiger partial charge in [0.25, 0.3) is 0 Å². The summed E-state index contributed by atoms with van der Waals surface area (Å²) in [6.07, 6.45) is 0.883. The number of rotatable bonds is 2. The predicted octanol–water partition coefficient (Wildman–Crippen LogP) is 5.51. The molecular formula is C14H14Br2N2S. The van der Waals surface area contributed by atoms with Crippen LogP contribution in [-0.4, -0.2) is 9.97 Å². The molecule has 2 rings (SSSR count). The molecular weight excluding hydrogens is 388 g/mol. The lowest BCUT2D eigenvalue weighted by molar-refractivity contribution is 0.983. The molecule has 2 aromatic rings. The second-order valence-electron chi connectivity index (χ2n) is 4.46. The lowest BCUT2D eigenvalue weighted by atomic mass is 10.1. The standard InChI is InChI=1S/C14H14Br2N2S/c1-4-10-12(16)14(19)18-13(17-10)9-5-7(2)11(15)8(3)6-9/h5-6H,4H2,1-3H3,(H,17,18,19). The molecule has 1 aromatic heterocycles. The first-order valence-electron chi connectivity index (χ1n) is 5.99. The highest BCUT2D eigenvalue weighted by molar-refractivity contribution is 9.10. The van der Waals surface area contributed by atoms with Crippen molar-refractivity contribution in [1.82, 2.24) is 9.97 Å². The first-order chi connectivity index (χ1) is 8.93. The molecule has 0 saturated heterocycles. The quantitative estimate of drug-likeness (QED) is 0.672. The first-order valence-corrected chi connectivity index (χ1v) is 7.99. The van der Waals surface area contributed by atoms with Crippen molar-refractivity contribution in [3.8, 4) is 11.4 Å². The Morgan fingerprint density at radius 1 is 1.16 bits per heavy atom. The third-order valence-electron chi connectivity index (χ3n) is 3.00. The molecule has 0 atom stereocenters. The van der Waals surface area contributed by atoms with Crippen molar-refractivity contribution in [2.24, 2.45) is 0 Å². The highest BCUT2D eigenvalue weighted by atomic mass is 79.9. The van der Waals surface area contributed by atoms with Crippen molar-refractivity contribution in [3.63, 3.8) is 0 Å². The van der Waals surface area contributed by atoms with Crippen molar-refractivity contribution in [2.75, 3.05) is 0 Å². The molecule has 0 spiro atoms. The van der Waals surface area contributed by atoms with Crippen molar-refractivity contribution in [3.05, 3.63) is 42.5 Å². The zero-order chi connectivity index (χ0) is 14.2. The summed E-state index contributed by atoms with van der Waals surface area (Å²) in [7, 11) is 0. The molecule has 2 nitrogen and oxygen atoms in total. The lowest BCUT2D eigenvalue weighted by Crippen LogP contribution is -1.98. The van der Waals surface area contributed by atoms with Gasteiger partial charge in [0.05, 0.1) is 4.47 Å². The number of nitrogens with one attached hydrogen (secondary N) is 1. The Kier molecular flexibility index (Phi) is 4.58. The van der Waals surface area contributed by atoms with E-state index in [2.05, 4.69) is 74.7 Å². The average molecular weight is 402 g/mol. The van der Waals surface area contributed by atoms with E-state index in [4.69, 9.17) is 12.2 Å². The maximum absolute atomic E-state index is 5.30. The SMILES string of the molecule is CCc1[nH]c(-c2cc(C)c(Br)c(C)c2)nc(=S)c1Br. The van der Waals surface area contributed by atoms with Crippen LogP contribution in [0.1, 0.15) is 23.7 Å². The number of nitrogens with zero attached hydrogens (tertiary/aromatic N) is 1. The van der Waals surface area contributed by atoms with Gasteiger partial charge in [0, 0.05) is 15.7 Å². The van der Waals surface area contributed by atoms with E-state index >= 15 is 0 Å². The van der Waals surface area contributed by atoms with Crippen LogP contribution in [0, 0.1) is 18.5 Å². The summed E-state index contributed by atoms with van der Waals surface area (Å²) in [5.74, 6) is 0.823. The maximum Gasteiger partial charge on any atom is 0.144 e. The number of hydrogen-bond acceptors (Lipinski definition) is 2. The van der Waals surface area contributed by atoms with Gasteiger partial charge < -0.3 is 4.98 Å². The van der Waals surface area contributed by atoms with Gasteiger partial charge in [-0.2, -0.15) is 0 Å². The van der Waals surface area contributed by atoms with Crippen LogP contribution in [0.4, 0.5) is 0 Å². The summed E-state index contributed by atoms with van der Waals surface area (Å²) in [6, 6.07) is 4.22. The highest BCUT2D eigenvalue weighted by Crippen LogP contribution is 2.28. The van der Waals surface area contributed by atoms with Crippen LogP contribution < -0.4 is 0 Å². The molecule has 0 bridgehead atoms. The summed E-state index contributed by atoms with van der Waals surface area (Å²) < 4.78 is 2.63. The van der Waals surface area contributed by atoms with Crippen LogP contribution in [0.2, 0.25) is 0 Å². The van der Waals surface area contributed by atoms with Crippen molar-refractivity contribution < 1.29 is 0 Å². The third-order valence-corrected chi connectivity index (χ3v) is 5.66. The van der Waals surface area contributed by atoms with Crippen LogP contribution in [0.5, 0.6) is 0 Å². The minimum atomic E-state index is 0.601. The Hall–Kier alpha value is -0.520. The van der Waals surface area contributed by atoms with E-state index in [-0.39, 0.29) is 0 Å². The van der Waals surface area contributed by atoms with Gasteiger partial charge in [-0.15, -0.1) is 0 Å². The van der Waals surface area contributed by atoms with Gasteiger partial charge in [0.15, 0.2) is 0 Å². The maximum atomic E-state index is 5.30. The molecule has 0 aliphatic heterocycles. The molecule has 1 heterocycles. The Morgan fingerprint density at radius 3 is 2.26 bits per heavy atom. The fourth-order valence-corrected chi connectivity index (χ4v) is 2.88. The molecule has 100 valence electrons. The number of H-pyrrole nitrogens is 1. The first kappa shape index (κ1) is 14.9. The van der Waals surface area contributed by atoms with Gasteiger partial charge in [-0.05, 0) is 59.5 Å². The molecule has 0 fully saturated rings. The largest absolute Gasteiger partial charge is 0.342 e. The number of hydrogen-bond donors (Lipinski definition) is 1. The Bertz CT molecular complexity index is 669. The molecule has 0 amide bonds. The molecule has 0 aliphatic carbocycles. The van der Waals surface area contributed by atoms with E-state index in [0.29, 0.717) is 4.64 Å². The van der Waals surface area contributed by atoms with E-state index in [1.54, 1.807) is 0 Å². The number of benzene rings is 1. The van der Waals surface area contributed by atoms with Gasteiger partial charge >= 0.3 is 0 Å². The lowest BCUT2D eigenvalue weighted by Gasteiger charge is -2.10. The molecule has 5 heteroatoms. The minimum Gasteiger partial charge on any atom is -0.342 e. The second kappa shape index (κ2) is 5.85. The topological polar surface area (TPSA) is 28.7 Å². The Balaban J connectivity index is 2.66. The van der Waals surface area contributed by atoms with E-state index < -0.39 is 0 Å². The summed E-state index contributed by atoms with van der Waals surface area (Å²) in [6.45, 7) is 6.25. The monoisotopic (exact) mass is 400 g/mol. The molecule has 0 aliphatic rings. The second-order valence-corrected chi connectivity index (χ2v) is 6.43. The van der Waals surface area contributed by atoms with E-state index in [0.717, 1.165) is 32.4 Å². The molecule has 1 aromatic carbocycles. The van der Waals surface area contributed by atoms with Gasteiger partial charge in [-0.25, -0.2) is 4.98 Å². The third kappa shape index (κ3) is 2.98. The van der Waals surface area contributed by atoms with Crippen molar-refractivity contribution >= 4 is 44.1 Å². The Labute approximate surface area is 134 Å². The molecule has 0 saturated carbocycles. The van der Waals surface area contributed by atoms with Crippen molar-refractivity contribution in [2.45, 2.75) is 27.2 Å². The number of aryl methyl sites for hydroxylation is 3. The van der Waals surface area contributed by atoms with Crippen LogP contribution in [0.15, 0.2) is 21.1 Å². The van der Waals surface area contributed by atoms with Crippen LogP contribution in [-0.2, 0) is 6.42 Å². The van der Waals surface area contributed by atoms with Gasteiger partial charge in [0.2, 0.25) is 0 Å². The zero-order valence-corrected chi connectivity index (χ0v) is 15.0. The Morgan fingerprint density at radius 2 is 1.74 bits per heavy atom. The van der Waals surface area contributed by atoms with Crippen LogP contribution in [0.3, 0.4) is 0 Å². The summed E-state index contributed by atoms with van der Waals surface area (Å²) in [4.78, 5) is 7.81. The van der Waals surface area contributed by atoms with E-state index in [1.165, 1.54) is 11.1 Å². The fraction of sp³-hybridized carbons (Fsp3) is 0.286. The van der Waals surface area contributed by atoms with Gasteiger partial charge in [0.1, 0.15) is 10.5 Å². The van der Waals surface area contributed by atoms with E-state index in [9.17, 15) is 0 Å². The molecule has 1 N–H and O–H groups in total. The summed E-state index contributed by atoms with van der Waals surface area (Å²) in [5, 5.41) is 0. The fourth-order valence-electron chi connectivity index (χ4n) is 1.97. The van der Waals surface area contributed by atoms with Gasteiger partial charge in [-0.3, -0.25) is 0 Å².